The molecular formula is C16H26O. The predicted octanol–water partition coefficient (Wildman–Crippen LogP) is 4.35. The van der Waals surface area contributed by atoms with Gasteiger partial charge in [0.1, 0.15) is 0 Å². The summed E-state index contributed by atoms with van der Waals surface area (Å²) in [6, 6.07) is 8.42. The molecule has 1 nitrogen and oxygen atoms in total. The van der Waals surface area contributed by atoms with Gasteiger partial charge in [-0.1, -0.05) is 58.4 Å². The third-order valence-corrected chi connectivity index (χ3v) is 3.22. The van der Waals surface area contributed by atoms with Crippen molar-refractivity contribution in [1.29, 1.82) is 0 Å². The Morgan fingerprint density at radius 1 is 1.18 bits per heavy atom. The van der Waals surface area contributed by atoms with Crippen molar-refractivity contribution < 1.29 is 5.11 Å². The van der Waals surface area contributed by atoms with Crippen LogP contribution in [0.3, 0.4) is 0 Å². The van der Waals surface area contributed by atoms with Crippen molar-refractivity contribution in [1.82, 2.24) is 0 Å². The standard InChI is InChI=1S/C16H26O/c1-5-7-13(4)16(17)15-9-6-8-14(11-15)10-12(2)3/h6,8-9,11-13,16-17H,5,7,10H2,1-4H3. The first kappa shape index (κ1) is 14.2. The van der Waals surface area contributed by atoms with Gasteiger partial charge in [-0.25, -0.2) is 0 Å². The van der Waals surface area contributed by atoms with Crippen LogP contribution in [0.5, 0.6) is 0 Å². The van der Waals surface area contributed by atoms with E-state index in [-0.39, 0.29) is 6.10 Å². The van der Waals surface area contributed by atoms with Crippen LogP contribution in [0, 0.1) is 11.8 Å². The van der Waals surface area contributed by atoms with Crippen molar-refractivity contribution in [2.45, 2.75) is 53.1 Å². The fraction of sp³-hybridized carbons (Fsp3) is 0.625. The number of benzene rings is 1. The molecule has 0 saturated heterocycles. The second-order valence-electron chi connectivity index (χ2n) is 5.55. The summed E-state index contributed by atoms with van der Waals surface area (Å²) >= 11 is 0. The van der Waals surface area contributed by atoms with E-state index in [0.717, 1.165) is 24.8 Å². The van der Waals surface area contributed by atoms with Crippen LogP contribution in [0.4, 0.5) is 0 Å². The maximum absolute atomic E-state index is 10.3. The van der Waals surface area contributed by atoms with E-state index >= 15 is 0 Å². The minimum atomic E-state index is -0.318. The Morgan fingerprint density at radius 3 is 2.47 bits per heavy atom. The Balaban J connectivity index is 2.76. The summed E-state index contributed by atoms with van der Waals surface area (Å²) in [5.41, 5.74) is 2.41. The first-order chi connectivity index (χ1) is 8.04. The molecule has 1 aromatic carbocycles. The van der Waals surface area contributed by atoms with Crippen LogP contribution in [-0.2, 0) is 6.42 Å². The van der Waals surface area contributed by atoms with E-state index in [0.29, 0.717) is 11.8 Å². The molecule has 2 unspecified atom stereocenters. The smallest absolute Gasteiger partial charge is 0.0815 e. The molecule has 0 saturated carbocycles. The number of aliphatic hydroxyl groups excluding tert-OH is 1. The Morgan fingerprint density at radius 2 is 1.88 bits per heavy atom. The highest BCUT2D eigenvalue weighted by molar-refractivity contribution is 5.25. The average molecular weight is 234 g/mol. The van der Waals surface area contributed by atoms with E-state index in [9.17, 15) is 5.11 Å². The van der Waals surface area contributed by atoms with E-state index in [1.165, 1.54) is 5.56 Å². The van der Waals surface area contributed by atoms with Gasteiger partial charge in [-0.05, 0) is 35.8 Å². The highest BCUT2D eigenvalue weighted by Crippen LogP contribution is 2.26. The van der Waals surface area contributed by atoms with E-state index in [1.54, 1.807) is 0 Å². The summed E-state index contributed by atoms with van der Waals surface area (Å²) in [6.07, 6.45) is 2.98. The zero-order chi connectivity index (χ0) is 12.8. The molecule has 0 aromatic heterocycles. The first-order valence-electron chi connectivity index (χ1n) is 6.81. The van der Waals surface area contributed by atoms with Crippen molar-refractivity contribution >= 4 is 0 Å². The van der Waals surface area contributed by atoms with Gasteiger partial charge < -0.3 is 5.11 Å². The SMILES string of the molecule is CCCC(C)C(O)c1cccc(CC(C)C)c1. The van der Waals surface area contributed by atoms with Crippen molar-refractivity contribution in [3.8, 4) is 0 Å². The molecule has 0 aliphatic rings. The van der Waals surface area contributed by atoms with Crippen LogP contribution in [0.2, 0.25) is 0 Å². The summed E-state index contributed by atoms with van der Waals surface area (Å²) in [5.74, 6) is 1.00. The largest absolute Gasteiger partial charge is 0.388 e. The van der Waals surface area contributed by atoms with Gasteiger partial charge in [-0.3, -0.25) is 0 Å². The lowest BCUT2D eigenvalue weighted by molar-refractivity contribution is 0.112. The van der Waals surface area contributed by atoms with Gasteiger partial charge in [0, 0.05) is 0 Å². The molecule has 1 rings (SSSR count). The van der Waals surface area contributed by atoms with Crippen LogP contribution < -0.4 is 0 Å². The zero-order valence-corrected chi connectivity index (χ0v) is 11.6. The monoisotopic (exact) mass is 234 g/mol. The quantitative estimate of drug-likeness (QED) is 0.775. The summed E-state index contributed by atoms with van der Waals surface area (Å²) in [7, 11) is 0. The minimum absolute atomic E-state index is 0.318. The molecular weight excluding hydrogens is 208 g/mol. The maximum Gasteiger partial charge on any atom is 0.0815 e. The third-order valence-electron chi connectivity index (χ3n) is 3.22. The molecule has 2 atom stereocenters. The number of aliphatic hydroxyl groups is 1. The number of rotatable bonds is 6. The summed E-state index contributed by atoms with van der Waals surface area (Å²) < 4.78 is 0. The van der Waals surface area contributed by atoms with Gasteiger partial charge in [0.25, 0.3) is 0 Å². The van der Waals surface area contributed by atoms with Gasteiger partial charge in [0.15, 0.2) is 0 Å². The maximum atomic E-state index is 10.3. The van der Waals surface area contributed by atoms with Crippen LogP contribution in [0.25, 0.3) is 0 Å². The normalized spacial score (nSPS) is 14.9. The van der Waals surface area contributed by atoms with E-state index in [4.69, 9.17) is 0 Å². The molecule has 0 aliphatic carbocycles. The fourth-order valence-electron chi connectivity index (χ4n) is 2.32. The molecule has 96 valence electrons. The predicted molar refractivity (Wildman–Crippen MR) is 74.0 cm³/mol. The van der Waals surface area contributed by atoms with Crippen molar-refractivity contribution in [2.75, 3.05) is 0 Å². The highest BCUT2D eigenvalue weighted by atomic mass is 16.3. The molecule has 0 fully saturated rings. The first-order valence-corrected chi connectivity index (χ1v) is 6.81. The molecule has 0 spiro atoms. The Hall–Kier alpha value is -0.820. The van der Waals surface area contributed by atoms with Crippen LogP contribution in [0.15, 0.2) is 24.3 Å². The minimum Gasteiger partial charge on any atom is -0.388 e. The van der Waals surface area contributed by atoms with Crippen molar-refractivity contribution in [2.24, 2.45) is 11.8 Å². The van der Waals surface area contributed by atoms with Gasteiger partial charge >= 0.3 is 0 Å². The second-order valence-corrected chi connectivity index (χ2v) is 5.55. The van der Waals surface area contributed by atoms with E-state index < -0.39 is 0 Å². The van der Waals surface area contributed by atoms with Gasteiger partial charge in [0.2, 0.25) is 0 Å². The second kappa shape index (κ2) is 6.80. The van der Waals surface area contributed by atoms with Gasteiger partial charge in [0.05, 0.1) is 6.10 Å². The van der Waals surface area contributed by atoms with E-state index in [2.05, 4.69) is 45.9 Å². The summed E-state index contributed by atoms with van der Waals surface area (Å²) in [5, 5.41) is 10.3. The molecule has 1 N–H and O–H groups in total. The lowest BCUT2D eigenvalue weighted by atomic mass is 9.91. The molecule has 0 amide bonds. The average Bonchev–Trinajstić information content (AvgIpc) is 2.28. The lowest BCUT2D eigenvalue weighted by Gasteiger charge is -2.19. The Kier molecular flexibility index (Phi) is 5.70. The Bertz CT molecular complexity index is 330. The highest BCUT2D eigenvalue weighted by Gasteiger charge is 2.15. The van der Waals surface area contributed by atoms with Crippen molar-refractivity contribution in [3.63, 3.8) is 0 Å². The van der Waals surface area contributed by atoms with Gasteiger partial charge in [-0.2, -0.15) is 0 Å². The zero-order valence-electron chi connectivity index (χ0n) is 11.6. The molecule has 0 radical (unpaired) electrons. The molecule has 0 bridgehead atoms. The Labute approximate surface area is 106 Å². The molecule has 1 heteroatoms. The van der Waals surface area contributed by atoms with Crippen molar-refractivity contribution in [3.05, 3.63) is 35.4 Å². The van der Waals surface area contributed by atoms with Crippen LogP contribution in [-0.4, -0.2) is 5.11 Å². The van der Waals surface area contributed by atoms with Crippen LogP contribution in [0.1, 0.15) is 57.8 Å². The summed E-state index contributed by atoms with van der Waals surface area (Å²) in [6.45, 7) is 8.74. The molecule has 17 heavy (non-hydrogen) atoms. The number of hydrogen-bond donors (Lipinski definition) is 1. The number of hydrogen-bond acceptors (Lipinski definition) is 1. The molecule has 0 aliphatic heterocycles. The lowest BCUT2D eigenvalue weighted by Crippen LogP contribution is -2.09. The fourth-order valence-corrected chi connectivity index (χ4v) is 2.32. The van der Waals surface area contributed by atoms with Gasteiger partial charge in [-0.15, -0.1) is 0 Å². The topological polar surface area (TPSA) is 20.2 Å². The third kappa shape index (κ3) is 4.51. The molecule has 0 heterocycles. The van der Waals surface area contributed by atoms with E-state index in [1.807, 2.05) is 6.07 Å². The molecule has 1 aromatic rings. The van der Waals surface area contributed by atoms with Crippen LogP contribution >= 0.6 is 0 Å². The summed E-state index contributed by atoms with van der Waals surface area (Å²) in [4.78, 5) is 0.